The highest BCUT2D eigenvalue weighted by Crippen LogP contribution is 2.46. The fourth-order valence-electron chi connectivity index (χ4n) is 2.21. The standard InChI is InChI=1S/C16H20N2O3/c1-3-10-17-14(19)16(8-9-16)15(20)18-11-12-6-4-5-7-13(12)21-2/h3-7H,1,8-11H2,2H3,(H,17,19)(H,18,20). The molecule has 0 saturated heterocycles. The zero-order valence-corrected chi connectivity index (χ0v) is 12.1. The van der Waals surface area contributed by atoms with E-state index in [9.17, 15) is 9.59 Å². The van der Waals surface area contributed by atoms with Gasteiger partial charge in [-0.15, -0.1) is 6.58 Å². The molecule has 0 unspecified atom stereocenters. The number of methoxy groups -OCH3 is 1. The van der Waals surface area contributed by atoms with E-state index in [0.717, 1.165) is 11.3 Å². The van der Waals surface area contributed by atoms with Crippen molar-refractivity contribution in [2.24, 2.45) is 5.41 Å². The number of benzene rings is 1. The SMILES string of the molecule is C=CCNC(=O)C1(C(=O)NCc2ccccc2OC)CC1. The van der Waals surface area contributed by atoms with Gasteiger partial charge in [-0.2, -0.15) is 0 Å². The average Bonchev–Trinajstić information content (AvgIpc) is 3.32. The predicted octanol–water partition coefficient (Wildman–Crippen LogP) is 1.39. The molecule has 5 heteroatoms. The maximum absolute atomic E-state index is 12.3. The summed E-state index contributed by atoms with van der Waals surface area (Å²) in [5.74, 6) is 0.272. The molecule has 1 aliphatic rings. The van der Waals surface area contributed by atoms with Crippen molar-refractivity contribution in [2.45, 2.75) is 19.4 Å². The van der Waals surface area contributed by atoms with Crippen LogP contribution in [-0.4, -0.2) is 25.5 Å². The van der Waals surface area contributed by atoms with Crippen LogP contribution < -0.4 is 15.4 Å². The third-order valence-electron chi connectivity index (χ3n) is 3.66. The quantitative estimate of drug-likeness (QED) is 0.588. The Labute approximate surface area is 124 Å². The van der Waals surface area contributed by atoms with Crippen LogP contribution in [0.1, 0.15) is 18.4 Å². The van der Waals surface area contributed by atoms with E-state index in [0.29, 0.717) is 25.9 Å². The number of carbonyl (C=O) groups is 2. The molecule has 0 atom stereocenters. The summed E-state index contributed by atoms with van der Waals surface area (Å²) in [4.78, 5) is 24.3. The fraction of sp³-hybridized carbons (Fsp3) is 0.375. The van der Waals surface area contributed by atoms with Gasteiger partial charge in [0, 0.05) is 18.7 Å². The number of hydrogen-bond acceptors (Lipinski definition) is 3. The molecule has 1 aliphatic carbocycles. The van der Waals surface area contributed by atoms with Crippen LogP contribution >= 0.6 is 0 Å². The molecular formula is C16H20N2O3. The highest BCUT2D eigenvalue weighted by atomic mass is 16.5. The monoisotopic (exact) mass is 288 g/mol. The van der Waals surface area contributed by atoms with Crippen LogP contribution in [0.15, 0.2) is 36.9 Å². The Morgan fingerprint density at radius 2 is 1.95 bits per heavy atom. The molecule has 1 saturated carbocycles. The lowest BCUT2D eigenvalue weighted by atomic mass is 10.0. The fourth-order valence-corrected chi connectivity index (χ4v) is 2.21. The van der Waals surface area contributed by atoms with Crippen molar-refractivity contribution >= 4 is 11.8 Å². The van der Waals surface area contributed by atoms with Gasteiger partial charge in [-0.05, 0) is 18.9 Å². The third kappa shape index (κ3) is 3.24. The largest absolute Gasteiger partial charge is 0.496 e. The van der Waals surface area contributed by atoms with Crippen molar-refractivity contribution in [3.05, 3.63) is 42.5 Å². The van der Waals surface area contributed by atoms with Crippen LogP contribution in [0.5, 0.6) is 5.75 Å². The minimum Gasteiger partial charge on any atom is -0.496 e. The van der Waals surface area contributed by atoms with Crippen LogP contribution in [0.25, 0.3) is 0 Å². The van der Waals surface area contributed by atoms with E-state index < -0.39 is 5.41 Å². The molecule has 1 fully saturated rings. The van der Waals surface area contributed by atoms with Crippen molar-refractivity contribution in [1.29, 1.82) is 0 Å². The topological polar surface area (TPSA) is 67.4 Å². The summed E-state index contributed by atoms with van der Waals surface area (Å²) in [5, 5.41) is 5.52. The molecule has 0 heterocycles. The van der Waals surface area contributed by atoms with Gasteiger partial charge in [0.05, 0.1) is 7.11 Å². The number of amides is 2. The Kier molecular flexibility index (Phi) is 4.62. The number of para-hydroxylation sites is 1. The second kappa shape index (κ2) is 6.43. The van der Waals surface area contributed by atoms with Gasteiger partial charge >= 0.3 is 0 Å². The van der Waals surface area contributed by atoms with E-state index in [1.54, 1.807) is 13.2 Å². The molecule has 21 heavy (non-hydrogen) atoms. The van der Waals surface area contributed by atoms with Gasteiger partial charge in [-0.3, -0.25) is 9.59 Å². The Morgan fingerprint density at radius 1 is 1.29 bits per heavy atom. The summed E-state index contributed by atoms with van der Waals surface area (Å²) >= 11 is 0. The first kappa shape index (κ1) is 15.1. The van der Waals surface area contributed by atoms with E-state index in [1.165, 1.54) is 0 Å². The van der Waals surface area contributed by atoms with Crippen LogP contribution in [0.4, 0.5) is 0 Å². The van der Waals surface area contributed by atoms with Crippen molar-refractivity contribution in [3.8, 4) is 5.75 Å². The molecule has 0 aromatic heterocycles. The van der Waals surface area contributed by atoms with E-state index >= 15 is 0 Å². The molecule has 0 spiro atoms. The minimum absolute atomic E-state index is 0.222. The highest BCUT2D eigenvalue weighted by molar-refractivity contribution is 6.07. The molecule has 0 bridgehead atoms. The second-order valence-electron chi connectivity index (χ2n) is 5.08. The number of ether oxygens (including phenoxy) is 1. The molecular weight excluding hydrogens is 268 g/mol. The summed E-state index contributed by atoms with van der Waals surface area (Å²) in [5.41, 5.74) is -0.0129. The zero-order chi connectivity index (χ0) is 15.3. The molecule has 1 aromatic rings. The van der Waals surface area contributed by atoms with Gasteiger partial charge in [-0.25, -0.2) is 0 Å². The first-order valence-electron chi connectivity index (χ1n) is 6.93. The predicted molar refractivity (Wildman–Crippen MR) is 79.7 cm³/mol. The molecule has 0 radical (unpaired) electrons. The van der Waals surface area contributed by atoms with Crippen LogP contribution in [0.2, 0.25) is 0 Å². The van der Waals surface area contributed by atoms with E-state index in [-0.39, 0.29) is 11.8 Å². The lowest BCUT2D eigenvalue weighted by Crippen LogP contribution is -2.42. The van der Waals surface area contributed by atoms with Gasteiger partial charge in [0.25, 0.3) is 0 Å². The van der Waals surface area contributed by atoms with E-state index in [4.69, 9.17) is 4.74 Å². The molecule has 2 amide bonds. The highest BCUT2D eigenvalue weighted by Gasteiger charge is 2.56. The number of nitrogens with one attached hydrogen (secondary N) is 2. The Morgan fingerprint density at radius 3 is 2.57 bits per heavy atom. The van der Waals surface area contributed by atoms with E-state index in [2.05, 4.69) is 17.2 Å². The van der Waals surface area contributed by atoms with Gasteiger partial charge in [-0.1, -0.05) is 24.3 Å². The molecule has 112 valence electrons. The summed E-state index contributed by atoms with van der Waals surface area (Å²) < 4.78 is 5.24. The molecule has 1 aromatic carbocycles. The molecule has 0 aliphatic heterocycles. The smallest absolute Gasteiger partial charge is 0.235 e. The van der Waals surface area contributed by atoms with Crippen LogP contribution in [0, 0.1) is 5.41 Å². The second-order valence-corrected chi connectivity index (χ2v) is 5.08. The van der Waals surface area contributed by atoms with Crippen LogP contribution in [-0.2, 0) is 16.1 Å². The molecule has 2 rings (SSSR count). The summed E-state index contributed by atoms with van der Waals surface area (Å²) in [6.45, 7) is 4.27. The molecule has 2 N–H and O–H groups in total. The third-order valence-corrected chi connectivity index (χ3v) is 3.66. The summed E-state index contributed by atoms with van der Waals surface area (Å²) in [6.07, 6.45) is 2.78. The van der Waals surface area contributed by atoms with Gasteiger partial charge in [0.1, 0.15) is 11.2 Å². The van der Waals surface area contributed by atoms with Gasteiger partial charge < -0.3 is 15.4 Å². The maximum atomic E-state index is 12.3. The Hall–Kier alpha value is -2.30. The normalized spacial score (nSPS) is 14.9. The van der Waals surface area contributed by atoms with Crippen molar-refractivity contribution in [1.82, 2.24) is 10.6 Å². The van der Waals surface area contributed by atoms with Gasteiger partial charge in [0.2, 0.25) is 11.8 Å². The van der Waals surface area contributed by atoms with Crippen molar-refractivity contribution in [3.63, 3.8) is 0 Å². The van der Waals surface area contributed by atoms with E-state index in [1.807, 2.05) is 24.3 Å². The lowest BCUT2D eigenvalue weighted by molar-refractivity contribution is -0.137. The summed E-state index contributed by atoms with van der Waals surface area (Å²) in [7, 11) is 1.59. The number of rotatable bonds is 7. The number of hydrogen-bond donors (Lipinski definition) is 2. The maximum Gasteiger partial charge on any atom is 0.235 e. The average molecular weight is 288 g/mol. The summed E-state index contributed by atoms with van der Waals surface area (Å²) in [6, 6.07) is 7.48. The zero-order valence-electron chi connectivity index (χ0n) is 12.1. The number of carbonyl (C=O) groups excluding carboxylic acids is 2. The Bertz CT molecular complexity index is 550. The van der Waals surface area contributed by atoms with Crippen LogP contribution in [0.3, 0.4) is 0 Å². The first-order chi connectivity index (χ1) is 10.1. The minimum atomic E-state index is -0.898. The molecule has 5 nitrogen and oxygen atoms in total. The van der Waals surface area contributed by atoms with Crippen molar-refractivity contribution < 1.29 is 14.3 Å². The first-order valence-corrected chi connectivity index (χ1v) is 6.93. The van der Waals surface area contributed by atoms with Crippen molar-refractivity contribution in [2.75, 3.05) is 13.7 Å². The Balaban J connectivity index is 1.95. The lowest BCUT2D eigenvalue weighted by Gasteiger charge is -2.15. The van der Waals surface area contributed by atoms with Gasteiger partial charge in [0.15, 0.2) is 0 Å².